The summed E-state index contributed by atoms with van der Waals surface area (Å²) >= 11 is 0. The maximum absolute atomic E-state index is 10.9. The van der Waals surface area contributed by atoms with Crippen LogP contribution in [0.3, 0.4) is 0 Å². The smallest absolute Gasteiger partial charge is 0.305 e. The van der Waals surface area contributed by atoms with Crippen molar-refractivity contribution in [2.45, 2.75) is 20.3 Å². The predicted molar refractivity (Wildman–Crippen MR) is 93.0 cm³/mol. The first kappa shape index (κ1) is 18.3. The number of hydrogen-bond donors (Lipinski definition) is 1. The number of likely N-dealkylation sites (N-methyl/N-ethyl adjacent to an activating group) is 1. The van der Waals surface area contributed by atoms with Crippen LogP contribution in [-0.4, -0.2) is 62.8 Å². The molecule has 124 valence electrons. The van der Waals surface area contributed by atoms with E-state index in [1.165, 1.54) is 5.69 Å². The van der Waals surface area contributed by atoms with E-state index in [1.54, 1.807) is 0 Å². The quantitative estimate of drug-likeness (QED) is 0.719. The number of rotatable bonds is 10. The van der Waals surface area contributed by atoms with Crippen molar-refractivity contribution in [2.75, 3.05) is 56.6 Å². The molecule has 0 saturated heterocycles. The van der Waals surface area contributed by atoms with Gasteiger partial charge in [0.25, 0.3) is 0 Å². The highest BCUT2D eigenvalue weighted by molar-refractivity contribution is 5.68. The summed E-state index contributed by atoms with van der Waals surface area (Å²) in [5, 5.41) is 8.92. The molecule has 1 aromatic rings. The summed E-state index contributed by atoms with van der Waals surface area (Å²) in [6, 6.07) is 8.41. The fourth-order valence-electron chi connectivity index (χ4n) is 2.38. The average molecular weight is 307 g/mol. The van der Waals surface area contributed by atoms with Gasteiger partial charge in [0.15, 0.2) is 0 Å². The summed E-state index contributed by atoms with van der Waals surface area (Å²) in [5.41, 5.74) is 2.29. The SMILES string of the molecule is CCN(CC)c1ccc(N(CCC(=O)O)CCN(C)C)cc1. The van der Waals surface area contributed by atoms with Gasteiger partial charge in [0.05, 0.1) is 6.42 Å². The van der Waals surface area contributed by atoms with Gasteiger partial charge in [-0.3, -0.25) is 4.79 Å². The third-order valence-electron chi connectivity index (χ3n) is 3.76. The summed E-state index contributed by atoms with van der Waals surface area (Å²) in [7, 11) is 4.05. The van der Waals surface area contributed by atoms with Gasteiger partial charge in [0.2, 0.25) is 0 Å². The average Bonchev–Trinajstić information content (AvgIpc) is 2.49. The molecule has 22 heavy (non-hydrogen) atoms. The summed E-state index contributed by atoms with van der Waals surface area (Å²) in [6.45, 7) is 8.52. The highest BCUT2D eigenvalue weighted by atomic mass is 16.4. The molecule has 0 atom stereocenters. The molecule has 0 aromatic heterocycles. The Morgan fingerprint density at radius 2 is 1.41 bits per heavy atom. The molecular weight excluding hydrogens is 278 g/mol. The maximum atomic E-state index is 10.9. The van der Waals surface area contributed by atoms with E-state index in [9.17, 15) is 4.79 Å². The Labute approximate surface area is 134 Å². The molecule has 1 rings (SSSR count). The predicted octanol–water partition coefficient (Wildman–Crippen LogP) is 2.38. The van der Waals surface area contributed by atoms with Crippen LogP contribution in [0.15, 0.2) is 24.3 Å². The fraction of sp³-hybridized carbons (Fsp3) is 0.588. The zero-order valence-electron chi connectivity index (χ0n) is 14.2. The number of carboxylic acid groups (broad SMARTS) is 1. The normalized spacial score (nSPS) is 10.8. The minimum atomic E-state index is -0.755. The highest BCUT2D eigenvalue weighted by Crippen LogP contribution is 2.21. The molecule has 0 heterocycles. The maximum Gasteiger partial charge on any atom is 0.305 e. The van der Waals surface area contributed by atoms with Crippen LogP contribution >= 0.6 is 0 Å². The molecule has 0 radical (unpaired) electrons. The van der Waals surface area contributed by atoms with Crippen LogP contribution in [0, 0.1) is 0 Å². The van der Waals surface area contributed by atoms with E-state index in [4.69, 9.17) is 5.11 Å². The third-order valence-corrected chi connectivity index (χ3v) is 3.76. The van der Waals surface area contributed by atoms with Gasteiger partial charge in [0, 0.05) is 44.1 Å². The molecule has 0 aliphatic carbocycles. The van der Waals surface area contributed by atoms with Crippen molar-refractivity contribution in [2.24, 2.45) is 0 Å². The topological polar surface area (TPSA) is 47.0 Å². The lowest BCUT2D eigenvalue weighted by Crippen LogP contribution is -2.33. The first-order chi connectivity index (χ1) is 10.5. The van der Waals surface area contributed by atoms with Crippen LogP contribution in [-0.2, 0) is 4.79 Å². The Morgan fingerprint density at radius 1 is 0.909 bits per heavy atom. The molecule has 0 unspecified atom stereocenters. The van der Waals surface area contributed by atoms with Crippen molar-refractivity contribution in [1.29, 1.82) is 0 Å². The molecule has 0 saturated carbocycles. The highest BCUT2D eigenvalue weighted by Gasteiger charge is 2.10. The second-order valence-electron chi connectivity index (χ2n) is 5.62. The largest absolute Gasteiger partial charge is 0.481 e. The molecule has 5 heteroatoms. The van der Waals surface area contributed by atoms with Crippen LogP contribution in [0.2, 0.25) is 0 Å². The van der Waals surface area contributed by atoms with Gasteiger partial charge in [0.1, 0.15) is 0 Å². The van der Waals surface area contributed by atoms with Gasteiger partial charge < -0.3 is 19.8 Å². The number of anilines is 2. The summed E-state index contributed by atoms with van der Waals surface area (Å²) < 4.78 is 0. The van der Waals surface area contributed by atoms with E-state index in [-0.39, 0.29) is 6.42 Å². The summed E-state index contributed by atoms with van der Waals surface area (Å²) in [6.07, 6.45) is 0.158. The van der Waals surface area contributed by atoms with Crippen molar-refractivity contribution in [1.82, 2.24) is 4.90 Å². The molecule has 0 amide bonds. The molecule has 0 spiro atoms. The van der Waals surface area contributed by atoms with Crippen LogP contribution in [0.4, 0.5) is 11.4 Å². The number of aliphatic carboxylic acids is 1. The second kappa shape index (κ2) is 9.30. The molecular formula is C17H29N3O2. The standard InChI is InChI=1S/C17H29N3O2/c1-5-19(6-2)15-7-9-16(10-8-15)20(12-11-17(21)22)14-13-18(3)4/h7-10H,5-6,11-14H2,1-4H3,(H,21,22). The molecule has 0 fully saturated rings. The zero-order chi connectivity index (χ0) is 16.5. The van der Waals surface area contributed by atoms with Crippen molar-refractivity contribution in [3.63, 3.8) is 0 Å². The fourth-order valence-corrected chi connectivity index (χ4v) is 2.38. The molecule has 0 bridgehead atoms. The number of benzene rings is 1. The van der Waals surface area contributed by atoms with Crippen molar-refractivity contribution in [3.8, 4) is 0 Å². The number of nitrogens with zero attached hydrogens (tertiary/aromatic N) is 3. The summed E-state index contributed by atoms with van der Waals surface area (Å²) in [5.74, 6) is -0.755. The summed E-state index contributed by atoms with van der Waals surface area (Å²) in [4.78, 5) is 17.4. The van der Waals surface area contributed by atoms with E-state index in [1.807, 2.05) is 14.1 Å². The Bertz CT molecular complexity index is 442. The van der Waals surface area contributed by atoms with Crippen LogP contribution in [0.25, 0.3) is 0 Å². The minimum absolute atomic E-state index is 0.158. The monoisotopic (exact) mass is 307 g/mol. The Balaban J connectivity index is 2.81. The first-order valence-electron chi connectivity index (χ1n) is 7.94. The van der Waals surface area contributed by atoms with Gasteiger partial charge in [-0.05, 0) is 52.2 Å². The van der Waals surface area contributed by atoms with Gasteiger partial charge in [-0.15, -0.1) is 0 Å². The zero-order valence-corrected chi connectivity index (χ0v) is 14.2. The Morgan fingerprint density at radius 3 is 1.82 bits per heavy atom. The number of carboxylic acids is 1. The molecule has 0 aliphatic heterocycles. The Hall–Kier alpha value is -1.75. The van der Waals surface area contributed by atoms with E-state index >= 15 is 0 Å². The second-order valence-corrected chi connectivity index (χ2v) is 5.62. The van der Waals surface area contributed by atoms with Crippen molar-refractivity contribution in [3.05, 3.63) is 24.3 Å². The van der Waals surface area contributed by atoms with Gasteiger partial charge in [-0.1, -0.05) is 0 Å². The van der Waals surface area contributed by atoms with Crippen molar-refractivity contribution < 1.29 is 9.90 Å². The lowest BCUT2D eigenvalue weighted by atomic mass is 10.2. The van der Waals surface area contributed by atoms with E-state index in [0.29, 0.717) is 6.54 Å². The molecule has 5 nitrogen and oxygen atoms in total. The van der Waals surface area contributed by atoms with Gasteiger partial charge in [-0.25, -0.2) is 0 Å². The molecule has 1 aromatic carbocycles. The lowest BCUT2D eigenvalue weighted by molar-refractivity contribution is -0.136. The Kier molecular flexibility index (Phi) is 7.74. The van der Waals surface area contributed by atoms with Gasteiger partial charge in [-0.2, -0.15) is 0 Å². The lowest BCUT2D eigenvalue weighted by Gasteiger charge is -2.27. The van der Waals surface area contributed by atoms with Crippen LogP contribution < -0.4 is 9.80 Å². The first-order valence-corrected chi connectivity index (χ1v) is 7.94. The van der Waals surface area contributed by atoms with E-state index in [0.717, 1.165) is 31.9 Å². The number of hydrogen-bond acceptors (Lipinski definition) is 4. The van der Waals surface area contributed by atoms with E-state index < -0.39 is 5.97 Å². The minimum Gasteiger partial charge on any atom is -0.481 e. The van der Waals surface area contributed by atoms with Crippen molar-refractivity contribution >= 4 is 17.3 Å². The molecule has 0 aliphatic rings. The van der Waals surface area contributed by atoms with Crippen LogP contribution in [0.5, 0.6) is 0 Å². The van der Waals surface area contributed by atoms with E-state index in [2.05, 4.69) is 52.8 Å². The van der Waals surface area contributed by atoms with Crippen LogP contribution in [0.1, 0.15) is 20.3 Å². The third kappa shape index (κ3) is 5.93. The molecule has 1 N–H and O–H groups in total. The number of carbonyl (C=O) groups is 1. The van der Waals surface area contributed by atoms with Gasteiger partial charge >= 0.3 is 5.97 Å².